The molecule has 0 spiro atoms. The second-order valence-corrected chi connectivity index (χ2v) is 13.7. The first kappa shape index (κ1) is 31.2. The van der Waals surface area contributed by atoms with Crippen molar-refractivity contribution in [2.45, 2.75) is 69.9 Å². The topological polar surface area (TPSA) is 86.4 Å². The summed E-state index contributed by atoms with van der Waals surface area (Å²) in [7, 11) is 1.65. The molecule has 8 nitrogen and oxygen atoms in total. The number of likely N-dealkylation sites (tertiary alicyclic amines) is 1. The highest BCUT2D eigenvalue weighted by atomic mass is 16.6. The molecule has 0 bridgehead atoms. The molecular formula is C37H48N6O2. The van der Waals surface area contributed by atoms with E-state index < -0.39 is 0 Å². The van der Waals surface area contributed by atoms with Gasteiger partial charge in [0.2, 0.25) is 0 Å². The molecule has 2 aliphatic heterocycles. The van der Waals surface area contributed by atoms with Crippen LogP contribution in [-0.4, -0.2) is 66.4 Å². The molecule has 8 heteroatoms. The van der Waals surface area contributed by atoms with Crippen molar-refractivity contribution in [3.05, 3.63) is 83.9 Å². The molecule has 2 saturated heterocycles. The maximum Gasteiger partial charge on any atom is 0.407 e. The summed E-state index contributed by atoms with van der Waals surface area (Å²) in [6.45, 7) is 10.7. The Labute approximate surface area is 268 Å². The van der Waals surface area contributed by atoms with E-state index in [1.807, 2.05) is 18.3 Å². The van der Waals surface area contributed by atoms with E-state index >= 15 is 0 Å². The van der Waals surface area contributed by atoms with Gasteiger partial charge in [-0.3, -0.25) is 0 Å². The Morgan fingerprint density at radius 2 is 1.80 bits per heavy atom. The van der Waals surface area contributed by atoms with Gasteiger partial charge in [-0.2, -0.15) is 5.26 Å². The third kappa shape index (κ3) is 6.46. The van der Waals surface area contributed by atoms with E-state index in [1.54, 1.807) is 7.05 Å². The Balaban J connectivity index is 1.23. The lowest BCUT2D eigenvalue weighted by Crippen LogP contribution is -2.55. The molecular weight excluding hydrogens is 560 g/mol. The number of ether oxygens (including phenoxy) is 1. The van der Waals surface area contributed by atoms with Gasteiger partial charge < -0.3 is 24.4 Å². The molecule has 6 rings (SSSR count). The van der Waals surface area contributed by atoms with Gasteiger partial charge in [0.25, 0.3) is 0 Å². The molecule has 2 aromatic carbocycles. The maximum atomic E-state index is 12.6. The predicted molar refractivity (Wildman–Crippen MR) is 177 cm³/mol. The van der Waals surface area contributed by atoms with Crippen LogP contribution in [0.2, 0.25) is 0 Å². The van der Waals surface area contributed by atoms with E-state index in [9.17, 15) is 4.79 Å². The van der Waals surface area contributed by atoms with Crippen molar-refractivity contribution in [3.63, 3.8) is 0 Å². The zero-order chi connectivity index (χ0) is 31.4. The summed E-state index contributed by atoms with van der Waals surface area (Å²) in [5.74, 6) is 2.78. The molecule has 3 atom stereocenters. The van der Waals surface area contributed by atoms with Gasteiger partial charge in [0, 0.05) is 74.5 Å². The minimum atomic E-state index is -0.329. The molecule has 1 N–H and O–H groups in total. The molecule has 1 aliphatic carbocycles. The second kappa shape index (κ2) is 13.7. The summed E-state index contributed by atoms with van der Waals surface area (Å²) in [4.78, 5) is 22.4. The Morgan fingerprint density at radius 1 is 1.07 bits per heavy atom. The number of aromatic nitrogens is 2. The van der Waals surface area contributed by atoms with Gasteiger partial charge in [0.15, 0.2) is 0 Å². The fourth-order valence-corrected chi connectivity index (χ4v) is 8.57. The quantitative estimate of drug-likeness (QED) is 0.296. The number of alkyl carbamates (subject to hydrolysis) is 1. The third-order valence-electron chi connectivity index (χ3n) is 10.7. The molecule has 1 amide bonds. The van der Waals surface area contributed by atoms with Gasteiger partial charge in [-0.1, -0.05) is 44.2 Å². The van der Waals surface area contributed by atoms with E-state index in [2.05, 4.69) is 88.3 Å². The standard InChI is InChI=1S/C37H48N6O2/c1-27(2)35-40-18-21-42(35)26-37(30-8-5-4-6-9-30,33-10-7-11-34(33)45-36(44)39-3)31-16-19-41(20-17-31)23-29-24-43(25-29)32-14-12-28(22-38)13-15-32/h4-6,8-9,12-15,18,21,27,29,31,33-34H,7,10-11,16-17,19-20,23-26H2,1-3H3,(H,39,44)/t33-,34-,37?/m0/s1. The van der Waals surface area contributed by atoms with E-state index in [0.717, 1.165) is 77.2 Å². The first-order chi connectivity index (χ1) is 21.9. The molecule has 0 radical (unpaired) electrons. The van der Waals surface area contributed by atoms with Crippen molar-refractivity contribution in [3.8, 4) is 6.07 Å². The zero-order valence-electron chi connectivity index (χ0n) is 27.1. The highest BCUT2D eigenvalue weighted by molar-refractivity contribution is 5.67. The number of nitrogens with zero attached hydrogens (tertiary/aromatic N) is 5. The number of hydrogen-bond acceptors (Lipinski definition) is 6. The summed E-state index contributed by atoms with van der Waals surface area (Å²) in [5.41, 5.74) is 3.10. The van der Waals surface area contributed by atoms with Crippen LogP contribution in [0.5, 0.6) is 0 Å². The van der Waals surface area contributed by atoms with Crippen LogP contribution in [0.25, 0.3) is 0 Å². The lowest BCUT2D eigenvalue weighted by atomic mass is 9.58. The van der Waals surface area contributed by atoms with Crippen molar-refractivity contribution < 1.29 is 9.53 Å². The summed E-state index contributed by atoms with van der Waals surface area (Å²) in [6.07, 6.45) is 8.92. The van der Waals surface area contributed by atoms with Gasteiger partial charge in [-0.25, -0.2) is 9.78 Å². The molecule has 1 saturated carbocycles. The van der Waals surface area contributed by atoms with Crippen LogP contribution >= 0.6 is 0 Å². The second-order valence-electron chi connectivity index (χ2n) is 13.7. The average Bonchev–Trinajstić information content (AvgIpc) is 3.72. The van der Waals surface area contributed by atoms with Crippen LogP contribution in [0, 0.1) is 29.1 Å². The number of amides is 1. The number of nitrogens with one attached hydrogen (secondary N) is 1. The Hall–Kier alpha value is -3.83. The number of piperidine rings is 1. The Bertz CT molecular complexity index is 1450. The van der Waals surface area contributed by atoms with E-state index in [4.69, 9.17) is 15.0 Å². The number of rotatable bonds is 10. The molecule has 1 aromatic heterocycles. The van der Waals surface area contributed by atoms with Gasteiger partial charge in [-0.15, -0.1) is 0 Å². The van der Waals surface area contributed by atoms with Gasteiger partial charge >= 0.3 is 6.09 Å². The van der Waals surface area contributed by atoms with Gasteiger partial charge in [0.05, 0.1) is 11.6 Å². The minimum absolute atomic E-state index is 0.114. The number of anilines is 1. The number of imidazole rings is 1. The zero-order valence-corrected chi connectivity index (χ0v) is 27.1. The molecule has 3 fully saturated rings. The molecule has 45 heavy (non-hydrogen) atoms. The molecule has 3 aromatic rings. The first-order valence-corrected chi connectivity index (χ1v) is 16.8. The monoisotopic (exact) mass is 608 g/mol. The van der Waals surface area contributed by atoms with Crippen molar-refractivity contribution >= 4 is 11.8 Å². The molecule has 238 valence electrons. The van der Waals surface area contributed by atoms with Crippen LogP contribution in [0.15, 0.2) is 67.0 Å². The number of benzene rings is 2. The third-order valence-corrected chi connectivity index (χ3v) is 10.7. The van der Waals surface area contributed by atoms with Crippen molar-refractivity contribution in [2.24, 2.45) is 17.8 Å². The minimum Gasteiger partial charge on any atom is -0.446 e. The fourth-order valence-electron chi connectivity index (χ4n) is 8.57. The first-order valence-electron chi connectivity index (χ1n) is 16.8. The molecule has 3 aliphatic rings. The Morgan fingerprint density at radius 3 is 2.47 bits per heavy atom. The van der Waals surface area contributed by atoms with Crippen LogP contribution in [0.1, 0.15) is 68.8 Å². The smallest absolute Gasteiger partial charge is 0.407 e. The van der Waals surface area contributed by atoms with Gasteiger partial charge in [0.1, 0.15) is 11.9 Å². The normalized spacial score (nSPS) is 22.5. The van der Waals surface area contributed by atoms with Crippen LogP contribution < -0.4 is 10.2 Å². The highest BCUT2D eigenvalue weighted by Gasteiger charge is 2.53. The van der Waals surface area contributed by atoms with Crippen LogP contribution in [-0.2, 0) is 16.7 Å². The van der Waals surface area contributed by atoms with Crippen LogP contribution in [0.3, 0.4) is 0 Å². The van der Waals surface area contributed by atoms with Crippen molar-refractivity contribution in [1.82, 2.24) is 19.8 Å². The van der Waals surface area contributed by atoms with Gasteiger partial charge in [-0.05, 0) is 80.9 Å². The number of carbonyl (C=O) groups is 1. The summed E-state index contributed by atoms with van der Waals surface area (Å²) in [5, 5.41) is 11.8. The summed E-state index contributed by atoms with van der Waals surface area (Å²) >= 11 is 0. The summed E-state index contributed by atoms with van der Waals surface area (Å²) < 4.78 is 8.53. The summed E-state index contributed by atoms with van der Waals surface area (Å²) in [6, 6.07) is 21.3. The average molecular weight is 609 g/mol. The largest absolute Gasteiger partial charge is 0.446 e. The maximum absolute atomic E-state index is 12.6. The lowest BCUT2D eigenvalue weighted by molar-refractivity contribution is 0.00165. The number of nitriles is 1. The lowest BCUT2D eigenvalue weighted by Gasteiger charge is -2.51. The van der Waals surface area contributed by atoms with E-state index in [1.165, 1.54) is 11.3 Å². The molecule has 1 unspecified atom stereocenters. The van der Waals surface area contributed by atoms with Crippen molar-refractivity contribution in [1.29, 1.82) is 5.26 Å². The SMILES string of the molecule is CNC(=O)O[C@H]1CCC[C@@H]1C(Cn1ccnc1C(C)C)(c1ccccc1)C1CCN(CC2CN(c3ccc(C#N)cc3)C2)CC1. The number of hydrogen-bond donors (Lipinski definition) is 1. The molecule has 3 heterocycles. The van der Waals surface area contributed by atoms with E-state index in [0.29, 0.717) is 23.3 Å². The predicted octanol–water partition coefficient (Wildman–Crippen LogP) is 6.19. The van der Waals surface area contributed by atoms with Crippen LogP contribution in [0.4, 0.5) is 10.5 Å². The van der Waals surface area contributed by atoms with Crippen molar-refractivity contribution in [2.75, 3.05) is 44.7 Å². The number of carbonyl (C=O) groups excluding carboxylic acids is 1. The fraction of sp³-hybridized carbons (Fsp3) is 0.541. The Kier molecular flexibility index (Phi) is 9.46. The van der Waals surface area contributed by atoms with E-state index in [-0.39, 0.29) is 23.5 Å². The highest BCUT2D eigenvalue weighted by Crippen LogP contribution is 2.52.